The minimum absolute atomic E-state index is 0.0111. The molecule has 0 spiro atoms. The van der Waals surface area contributed by atoms with Crippen LogP contribution in [0.1, 0.15) is 24.0 Å². The first-order valence-corrected chi connectivity index (χ1v) is 8.61. The van der Waals surface area contributed by atoms with Crippen LogP contribution in [0.2, 0.25) is 5.02 Å². The van der Waals surface area contributed by atoms with Gasteiger partial charge in [-0.3, -0.25) is 4.79 Å². The van der Waals surface area contributed by atoms with Crippen molar-refractivity contribution in [3.63, 3.8) is 0 Å². The van der Waals surface area contributed by atoms with Crippen LogP contribution in [0, 0.1) is 0 Å². The Morgan fingerprint density at radius 3 is 2.64 bits per heavy atom. The number of fused-ring (bicyclic) bond motifs is 1. The van der Waals surface area contributed by atoms with Crippen LogP contribution in [0.4, 0.5) is 0 Å². The highest BCUT2D eigenvalue weighted by molar-refractivity contribution is 6.31. The summed E-state index contributed by atoms with van der Waals surface area (Å²) >= 11 is 6.46. The first kappa shape index (κ1) is 17.5. The van der Waals surface area contributed by atoms with Gasteiger partial charge in [-0.1, -0.05) is 48.0 Å². The number of hydrogen-bond acceptors (Lipinski definition) is 3. The van der Waals surface area contributed by atoms with E-state index < -0.39 is 0 Å². The summed E-state index contributed by atoms with van der Waals surface area (Å²) in [6.45, 7) is 2.37. The van der Waals surface area contributed by atoms with E-state index >= 15 is 0 Å². The standard InChI is InChI=1S/C20H21ClN2O2/c1-13(20(24)25-2)22-11-16(14-7-3-5-9-18(14)21)17-12-23-19-10-6-4-8-15(17)19/h3-10,12-13,16,22-23H,11H2,1-2H3/t13-,16+/m1/s1. The lowest BCUT2D eigenvalue weighted by molar-refractivity contribution is -0.142. The smallest absolute Gasteiger partial charge is 0.322 e. The minimum atomic E-state index is -0.389. The van der Waals surface area contributed by atoms with Gasteiger partial charge in [-0.05, 0) is 30.2 Å². The molecule has 0 aliphatic rings. The fraction of sp³-hybridized carbons (Fsp3) is 0.250. The summed E-state index contributed by atoms with van der Waals surface area (Å²) < 4.78 is 4.80. The molecule has 130 valence electrons. The summed E-state index contributed by atoms with van der Waals surface area (Å²) in [4.78, 5) is 15.0. The van der Waals surface area contributed by atoms with Crippen molar-refractivity contribution >= 4 is 28.5 Å². The zero-order chi connectivity index (χ0) is 17.8. The van der Waals surface area contributed by atoms with Crippen LogP contribution in [0.3, 0.4) is 0 Å². The highest BCUT2D eigenvalue weighted by Crippen LogP contribution is 2.34. The van der Waals surface area contributed by atoms with Crippen molar-refractivity contribution in [3.05, 3.63) is 70.9 Å². The van der Waals surface area contributed by atoms with Gasteiger partial charge in [0.1, 0.15) is 6.04 Å². The van der Waals surface area contributed by atoms with E-state index in [0.29, 0.717) is 11.6 Å². The maximum Gasteiger partial charge on any atom is 0.322 e. The van der Waals surface area contributed by atoms with Crippen molar-refractivity contribution < 1.29 is 9.53 Å². The summed E-state index contributed by atoms with van der Waals surface area (Å²) in [5.74, 6) is -0.270. The molecule has 2 N–H and O–H groups in total. The fourth-order valence-electron chi connectivity index (χ4n) is 3.08. The number of H-pyrrole nitrogens is 1. The molecule has 0 radical (unpaired) electrons. The lowest BCUT2D eigenvalue weighted by Crippen LogP contribution is -2.37. The van der Waals surface area contributed by atoms with Gasteiger partial charge in [0.2, 0.25) is 0 Å². The molecule has 0 unspecified atom stereocenters. The predicted molar refractivity (Wildman–Crippen MR) is 101 cm³/mol. The Hall–Kier alpha value is -2.30. The molecule has 1 aromatic heterocycles. The molecule has 3 aromatic rings. The van der Waals surface area contributed by atoms with Crippen molar-refractivity contribution in [2.75, 3.05) is 13.7 Å². The lowest BCUT2D eigenvalue weighted by Gasteiger charge is -2.21. The highest BCUT2D eigenvalue weighted by Gasteiger charge is 2.22. The van der Waals surface area contributed by atoms with Gasteiger partial charge in [0.05, 0.1) is 7.11 Å². The van der Waals surface area contributed by atoms with E-state index in [2.05, 4.69) is 16.4 Å². The van der Waals surface area contributed by atoms with Gasteiger partial charge < -0.3 is 15.0 Å². The van der Waals surface area contributed by atoms with Gasteiger partial charge in [-0.2, -0.15) is 0 Å². The van der Waals surface area contributed by atoms with E-state index in [-0.39, 0.29) is 17.9 Å². The number of nitrogens with one attached hydrogen (secondary N) is 2. The molecule has 5 heteroatoms. The van der Waals surface area contributed by atoms with Crippen LogP contribution < -0.4 is 5.32 Å². The summed E-state index contributed by atoms with van der Waals surface area (Å²) in [6.07, 6.45) is 2.02. The molecule has 0 bridgehead atoms. The summed E-state index contributed by atoms with van der Waals surface area (Å²) in [5.41, 5.74) is 3.25. The Bertz CT molecular complexity index is 875. The molecule has 25 heavy (non-hydrogen) atoms. The molecule has 0 aliphatic carbocycles. The Kier molecular flexibility index (Phi) is 5.41. The molecule has 3 rings (SSSR count). The van der Waals surface area contributed by atoms with Crippen molar-refractivity contribution in [1.82, 2.24) is 10.3 Å². The molecule has 0 amide bonds. The van der Waals surface area contributed by atoms with E-state index in [1.54, 1.807) is 6.92 Å². The molecule has 0 fully saturated rings. The predicted octanol–water partition coefficient (Wildman–Crippen LogP) is 4.10. The first-order chi connectivity index (χ1) is 12.1. The first-order valence-electron chi connectivity index (χ1n) is 8.23. The van der Waals surface area contributed by atoms with Crippen LogP contribution >= 0.6 is 11.6 Å². The number of halogens is 1. The molecule has 0 saturated carbocycles. The van der Waals surface area contributed by atoms with Crippen molar-refractivity contribution in [3.8, 4) is 0 Å². The molecule has 2 aromatic carbocycles. The number of ether oxygens (including phenoxy) is 1. The Balaban J connectivity index is 1.98. The number of carbonyl (C=O) groups is 1. The van der Waals surface area contributed by atoms with Gasteiger partial charge in [0, 0.05) is 34.6 Å². The maximum atomic E-state index is 11.7. The average molecular weight is 357 g/mol. The van der Waals surface area contributed by atoms with Gasteiger partial charge in [0.25, 0.3) is 0 Å². The molecular weight excluding hydrogens is 336 g/mol. The zero-order valence-corrected chi connectivity index (χ0v) is 15.0. The number of hydrogen-bond donors (Lipinski definition) is 2. The van der Waals surface area contributed by atoms with Crippen LogP contribution in [-0.2, 0) is 9.53 Å². The van der Waals surface area contributed by atoms with Gasteiger partial charge in [-0.15, -0.1) is 0 Å². The van der Waals surface area contributed by atoms with Crippen LogP contribution in [0.5, 0.6) is 0 Å². The molecular formula is C20H21ClN2O2. The fourth-order valence-corrected chi connectivity index (χ4v) is 3.35. The zero-order valence-electron chi connectivity index (χ0n) is 14.3. The number of carbonyl (C=O) groups excluding carboxylic acids is 1. The van der Waals surface area contributed by atoms with Gasteiger partial charge in [0.15, 0.2) is 0 Å². The second-order valence-corrected chi connectivity index (χ2v) is 6.42. The van der Waals surface area contributed by atoms with Gasteiger partial charge in [-0.25, -0.2) is 0 Å². The molecule has 0 aliphatic heterocycles. The van der Waals surface area contributed by atoms with Crippen LogP contribution in [0.15, 0.2) is 54.7 Å². The number of esters is 1. The van der Waals surface area contributed by atoms with E-state index in [1.165, 1.54) is 7.11 Å². The van der Waals surface area contributed by atoms with Crippen molar-refractivity contribution in [1.29, 1.82) is 0 Å². The quantitative estimate of drug-likeness (QED) is 0.654. The number of aromatic nitrogens is 1. The molecule has 1 heterocycles. The normalized spacial score (nSPS) is 13.6. The highest BCUT2D eigenvalue weighted by atomic mass is 35.5. The van der Waals surface area contributed by atoms with Crippen LogP contribution in [-0.4, -0.2) is 30.6 Å². The number of aromatic amines is 1. The second-order valence-electron chi connectivity index (χ2n) is 6.02. The Morgan fingerprint density at radius 2 is 1.88 bits per heavy atom. The third-order valence-electron chi connectivity index (χ3n) is 4.46. The summed E-state index contributed by atoms with van der Waals surface area (Å²) in [5, 5.41) is 5.13. The minimum Gasteiger partial charge on any atom is -0.468 e. The number of methoxy groups -OCH3 is 1. The number of benzene rings is 2. The van der Waals surface area contributed by atoms with Crippen LogP contribution in [0.25, 0.3) is 10.9 Å². The Morgan fingerprint density at radius 1 is 1.16 bits per heavy atom. The SMILES string of the molecule is COC(=O)[C@@H](C)NC[C@@H](c1ccccc1Cl)c1c[nH]c2ccccc12. The maximum absolute atomic E-state index is 11.7. The Labute approximate surface area is 152 Å². The molecule has 0 saturated heterocycles. The number of para-hydroxylation sites is 1. The molecule has 4 nitrogen and oxygen atoms in total. The van der Waals surface area contributed by atoms with E-state index in [9.17, 15) is 4.79 Å². The summed E-state index contributed by atoms with van der Waals surface area (Å²) in [7, 11) is 1.39. The van der Waals surface area contributed by atoms with E-state index in [1.807, 2.05) is 48.7 Å². The third-order valence-corrected chi connectivity index (χ3v) is 4.80. The topological polar surface area (TPSA) is 54.1 Å². The third kappa shape index (κ3) is 3.70. The average Bonchev–Trinajstić information content (AvgIpc) is 3.06. The largest absolute Gasteiger partial charge is 0.468 e. The lowest BCUT2D eigenvalue weighted by atomic mass is 9.90. The second kappa shape index (κ2) is 7.72. The van der Waals surface area contributed by atoms with E-state index in [4.69, 9.17) is 16.3 Å². The van der Waals surface area contributed by atoms with Gasteiger partial charge >= 0.3 is 5.97 Å². The van der Waals surface area contributed by atoms with E-state index in [0.717, 1.165) is 22.0 Å². The number of rotatable bonds is 6. The monoisotopic (exact) mass is 356 g/mol. The van der Waals surface area contributed by atoms with Crippen molar-refractivity contribution in [2.24, 2.45) is 0 Å². The summed E-state index contributed by atoms with van der Waals surface area (Å²) in [6, 6.07) is 15.6. The molecule has 2 atom stereocenters. The van der Waals surface area contributed by atoms with Crippen molar-refractivity contribution in [2.45, 2.75) is 18.9 Å².